The molecule has 0 unspecified atom stereocenters. The molecule has 1 aliphatic rings. The van der Waals surface area contributed by atoms with E-state index in [9.17, 15) is 9.59 Å². The Hall–Kier alpha value is -1.55. The Kier molecular flexibility index (Phi) is 5.62. The number of halogens is 1. The molecule has 0 aromatic heterocycles. The van der Waals surface area contributed by atoms with Gasteiger partial charge in [-0.15, -0.1) is 0 Å². The van der Waals surface area contributed by atoms with Gasteiger partial charge in [0.2, 0.25) is 11.8 Å². The first-order valence-electron chi connectivity index (χ1n) is 7.34. The molecule has 1 saturated heterocycles. The van der Waals surface area contributed by atoms with Crippen molar-refractivity contribution in [3.8, 4) is 0 Å². The second kappa shape index (κ2) is 7.46. The fourth-order valence-corrected chi connectivity index (χ4v) is 2.62. The van der Waals surface area contributed by atoms with Gasteiger partial charge in [0, 0.05) is 31.6 Å². The summed E-state index contributed by atoms with van der Waals surface area (Å²) >= 11 is 5.86. The van der Waals surface area contributed by atoms with E-state index in [1.165, 1.54) is 13.3 Å². The van der Waals surface area contributed by atoms with Gasteiger partial charge in [-0.25, -0.2) is 0 Å². The summed E-state index contributed by atoms with van der Waals surface area (Å²) in [5, 5.41) is 0.664. The maximum atomic E-state index is 12.3. The molecule has 0 saturated carbocycles. The van der Waals surface area contributed by atoms with Crippen LogP contribution >= 0.6 is 11.6 Å². The Morgan fingerprint density at radius 3 is 2.33 bits per heavy atom. The molecule has 0 aliphatic carbocycles. The number of hydrogen-bond acceptors (Lipinski definition) is 2. The maximum absolute atomic E-state index is 12.3. The van der Waals surface area contributed by atoms with Gasteiger partial charge >= 0.3 is 0 Å². The van der Waals surface area contributed by atoms with Crippen LogP contribution in [0.25, 0.3) is 0 Å². The molecule has 1 aromatic rings. The van der Waals surface area contributed by atoms with Crippen LogP contribution in [0.1, 0.15) is 31.7 Å². The number of carbonyl (C=O) groups is 2. The molecule has 4 nitrogen and oxygen atoms in total. The van der Waals surface area contributed by atoms with Crippen LogP contribution < -0.4 is 0 Å². The third-order valence-electron chi connectivity index (χ3n) is 3.77. The third-order valence-corrected chi connectivity index (χ3v) is 4.02. The standard InChI is InChI=1S/C16H21ClN2O2/c1-13(20)19(11-14-5-7-15(17)8-6-14)12-16(21)18-9-3-2-4-10-18/h5-8H,2-4,9-12H2,1H3. The molecular weight excluding hydrogens is 288 g/mol. The number of nitrogens with zero attached hydrogens (tertiary/aromatic N) is 2. The number of rotatable bonds is 4. The first-order valence-corrected chi connectivity index (χ1v) is 7.72. The SMILES string of the molecule is CC(=O)N(CC(=O)N1CCCCC1)Cc1ccc(Cl)cc1. The smallest absolute Gasteiger partial charge is 0.242 e. The van der Waals surface area contributed by atoms with Crippen LogP contribution in [0.4, 0.5) is 0 Å². The second-order valence-corrected chi connectivity index (χ2v) is 5.88. The minimum absolute atomic E-state index is 0.0406. The van der Waals surface area contributed by atoms with Crippen LogP contribution in [0.3, 0.4) is 0 Å². The lowest BCUT2D eigenvalue weighted by Gasteiger charge is -2.29. The summed E-state index contributed by atoms with van der Waals surface area (Å²) in [5.41, 5.74) is 0.973. The molecule has 0 N–H and O–H groups in total. The van der Waals surface area contributed by atoms with E-state index in [1.807, 2.05) is 17.0 Å². The van der Waals surface area contributed by atoms with Crippen molar-refractivity contribution in [1.29, 1.82) is 0 Å². The summed E-state index contributed by atoms with van der Waals surface area (Å²) in [4.78, 5) is 27.5. The monoisotopic (exact) mass is 308 g/mol. The van der Waals surface area contributed by atoms with Crippen molar-refractivity contribution in [3.05, 3.63) is 34.9 Å². The minimum atomic E-state index is -0.0877. The van der Waals surface area contributed by atoms with Crippen LogP contribution in [-0.4, -0.2) is 41.2 Å². The maximum Gasteiger partial charge on any atom is 0.242 e. The zero-order valence-corrected chi connectivity index (χ0v) is 13.1. The summed E-state index contributed by atoms with van der Waals surface area (Å²) < 4.78 is 0. The average molecular weight is 309 g/mol. The lowest BCUT2D eigenvalue weighted by molar-refractivity contribution is -0.140. The molecule has 0 bridgehead atoms. The van der Waals surface area contributed by atoms with Gasteiger partial charge in [0.25, 0.3) is 0 Å². The van der Waals surface area contributed by atoms with Crippen LogP contribution in [0.15, 0.2) is 24.3 Å². The first-order chi connectivity index (χ1) is 10.1. The van der Waals surface area contributed by atoms with E-state index in [4.69, 9.17) is 11.6 Å². The number of piperidine rings is 1. The normalized spacial score (nSPS) is 14.9. The molecule has 2 amide bonds. The topological polar surface area (TPSA) is 40.6 Å². The van der Waals surface area contributed by atoms with Crippen LogP contribution in [0.2, 0.25) is 5.02 Å². The van der Waals surface area contributed by atoms with Crippen LogP contribution in [0.5, 0.6) is 0 Å². The van der Waals surface area contributed by atoms with E-state index in [0.717, 1.165) is 31.5 Å². The van der Waals surface area contributed by atoms with Crippen molar-refractivity contribution in [2.24, 2.45) is 0 Å². The van der Waals surface area contributed by atoms with E-state index in [2.05, 4.69) is 0 Å². The number of likely N-dealkylation sites (tertiary alicyclic amines) is 1. The zero-order chi connectivity index (χ0) is 15.2. The Morgan fingerprint density at radius 1 is 1.14 bits per heavy atom. The first kappa shape index (κ1) is 15.8. The number of amides is 2. The van der Waals surface area contributed by atoms with Crippen LogP contribution in [0, 0.1) is 0 Å². The highest BCUT2D eigenvalue weighted by Crippen LogP contribution is 2.13. The largest absolute Gasteiger partial charge is 0.341 e. The van der Waals surface area contributed by atoms with E-state index >= 15 is 0 Å². The van der Waals surface area contributed by atoms with E-state index in [1.54, 1.807) is 17.0 Å². The Morgan fingerprint density at radius 2 is 1.76 bits per heavy atom. The van der Waals surface area contributed by atoms with Gasteiger partial charge in [0.15, 0.2) is 0 Å². The van der Waals surface area contributed by atoms with Crippen molar-refractivity contribution >= 4 is 23.4 Å². The summed E-state index contributed by atoms with van der Waals surface area (Å²) in [6.07, 6.45) is 3.30. The Labute approximate surface area is 130 Å². The Bertz CT molecular complexity index is 496. The van der Waals surface area contributed by atoms with Crippen molar-refractivity contribution in [2.45, 2.75) is 32.7 Å². The molecule has 1 fully saturated rings. The molecule has 1 aromatic carbocycles. The molecule has 5 heteroatoms. The predicted octanol–water partition coefficient (Wildman–Crippen LogP) is 2.70. The Balaban J connectivity index is 1.96. The zero-order valence-electron chi connectivity index (χ0n) is 12.3. The number of carbonyl (C=O) groups excluding carboxylic acids is 2. The highest BCUT2D eigenvalue weighted by atomic mass is 35.5. The summed E-state index contributed by atoms with van der Waals surface area (Å²) in [5.74, 6) is -0.0471. The lowest BCUT2D eigenvalue weighted by Crippen LogP contribution is -2.43. The van der Waals surface area contributed by atoms with Crippen molar-refractivity contribution in [2.75, 3.05) is 19.6 Å². The molecule has 114 valence electrons. The van der Waals surface area contributed by atoms with Gasteiger partial charge in [-0.1, -0.05) is 23.7 Å². The fourth-order valence-electron chi connectivity index (χ4n) is 2.50. The molecule has 0 radical (unpaired) electrons. The summed E-state index contributed by atoms with van der Waals surface area (Å²) in [6.45, 7) is 3.71. The molecule has 1 aliphatic heterocycles. The minimum Gasteiger partial charge on any atom is -0.341 e. The predicted molar refractivity (Wildman–Crippen MR) is 83.0 cm³/mol. The molecule has 0 atom stereocenters. The van der Waals surface area contributed by atoms with Gasteiger partial charge in [-0.2, -0.15) is 0 Å². The quantitative estimate of drug-likeness (QED) is 0.858. The highest BCUT2D eigenvalue weighted by molar-refractivity contribution is 6.30. The van der Waals surface area contributed by atoms with Crippen molar-refractivity contribution < 1.29 is 9.59 Å². The van der Waals surface area contributed by atoms with Gasteiger partial charge in [0.05, 0.1) is 0 Å². The van der Waals surface area contributed by atoms with Gasteiger partial charge in [0.1, 0.15) is 6.54 Å². The summed E-state index contributed by atoms with van der Waals surface area (Å²) in [7, 11) is 0. The highest BCUT2D eigenvalue weighted by Gasteiger charge is 2.20. The lowest BCUT2D eigenvalue weighted by atomic mass is 10.1. The van der Waals surface area contributed by atoms with E-state index in [-0.39, 0.29) is 18.4 Å². The molecule has 21 heavy (non-hydrogen) atoms. The van der Waals surface area contributed by atoms with E-state index < -0.39 is 0 Å². The van der Waals surface area contributed by atoms with Gasteiger partial charge in [-0.3, -0.25) is 9.59 Å². The van der Waals surface area contributed by atoms with E-state index in [0.29, 0.717) is 11.6 Å². The molecular formula is C16H21ClN2O2. The average Bonchev–Trinajstić information content (AvgIpc) is 2.49. The van der Waals surface area contributed by atoms with Crippen LogP contribution in [-0.2, 0) is 16.1 Å². The molecule has 0 spiro atoms. The third kappa shape index (κ3) is 4.74. The van der Waals surface area contributed by atoms with Gasteiger partial charge < -0.3 is 9.80 Å². The summed E-state index contributed by atoms with van der Waals surface area (Å²) in [6, 6.07) is 7.34. The second-order valence-electron chi connectivity index (χ2n) is 5.44. The molecule has 2 rings (SSSR count). The van der Waals surface area contributed by atoms with Crippen molar-refractivity contribution in [1.82, 2.24) is 9.80 Å². The molecule has 1 heterocycles. The number of benzene rings is 1. The van der Waals surface area contributed by atoms with Gasteiger partial charge in [-0.05, 0) is 37.0 Å². The van der Waals surface area contributed by atoms with Crippen molar-refractivity contribution in [3.63, 3.8) is 0 Å². The fraction of sp³-hybridized carbons (Fsp3) is 0.500. The number of hydrogen-bond donors (Lipinski definition) is 0.